The summed E-state index contributed by atoms with van der Waals surface area (Å²) in [5.41, 5.74) is 8.27. The number of aliphatic hydroxyl groups is 1. The van der Waals surface area contributed by atoms with Crippen molar-refractivity contribution in [2.24, 2.45) is 5.73 Å². The number of thiazole rings is 1. The number of fused-ring (bicyclic) bond motifs is 1. The van der Waals surface area contributed by atoms with Gasteiger partial charge in [-0.1, -0.05) is 43.7 Å². The standard InChI is InChI=1S/C32H33N5O4S/c1-4-5-14-41-29(38)25-10-11-26(24-9-7-6-8-23(24)25)32(2,39)30-35-19-27(42-30)21-15-20(18-33)16-22(17-21)36-31-34-13-12-28(37-31)40-3/h6-13,15-17,19,39H,4-5,14,18,33H2,1-3H3,(H,34,36,37). The lowest BCUT2D eigenvalue weighted by Gasteiger charge is -2.24. The minimum absolute atomic E-state index is 0.337. The third kappa shape index (κ3) is 6.11. The largest absolute Gasteiger partial charge is 0.481 e. The van der Waals surface area contributed by atoms with E-state index >= 15 is 0 Å². The van der Waals surface area contributed by atoms with Crippen molar-refractivity contribution in [2.75, 3.05) is 19.0 Å². The number of anilines is 2. The number of ether oxygens (including phenoxy) is 2. The van der Waals surface area contributed by atoms with Gasteiger partial charge in [0.05, 0.1) is 24.2 Å². The molecule has 2 aromatic heterocycles. The van der Waals surface area contributed by atoms with Crippen LogP contribution in [0.25, 0.3) is 21.2 Å². The maximum Gasteiger partial charge on any atom is 0.338 e. The second-order valence-electron chi connectivity index (χ2n) is 9.97. The molecule has 5 rings (SSSR count). The molecular weight excluding hydrogens is 550 g/mol. The third-order valence-electron chi connectivity index (χ3n) is 6.93. The molecule has 1 unspecified atom stereocenters. The number of nitrogens with two attached hydrogens (primary N) is 1. The molecule has 0 amide bonds. The highest BCUT2D eigenvalue weighted by atomic mass is 32.1. The Hall–Kier alpha value is -4.38. The highest BCUT2D eigenvalue weighted by Gasteiger charge is 2.32. The van der Waals surface area contributed by atoms with Crippen molar-refractivity contribution in [1.82, 2.24) is 15.0 Å². The summed E-state index contributed by atoms with van der Waals surface area (Å²) < 4.78 is 10.7. The molecule has 0 aliphatic carbocycles. The predicted molar refractivity (Wildman–Crippen MR) is 165 cm³/mol. The van der Waals surface area contributed by atoms with E-state index in [4.69, 9.17) is 15.2 Å². The molecule has 0 radical (unpaired) electrons. The molecule has 0 aliphatic heterocycles. The van der Waals surface area contributed by atoms with Crippen LogP contribution in [0.1, 0.15) is 53.2 Å². The summed E-state index contributed by atoms with van der Waals surface area (Å²) in [6.07, 6.45) is 5.11. The summed E-state index contributed by atoms with van der Waals surface area (Å²) in [5, 5.41) is 17.1. The van der Waals surface area contributed by atoms with E-state index in [0.717, 1.165) is 45.3 Å². The van der Waals surface area contributed by atoms with Gasteiger partial charge in [0.2, 0.25) is 11.8 Å². The molecule has 216 valence electrons. The van der Waals surface area contributed by atoms with Crippen LogP contribution in [0.2, 0.25) is 0 Å². The number of carbonyl (C=O) groups excluding carboxylic acids is 1. The maximum absolute atomic E-state index is 12.8. The number of methoxy groups -OCH3 is 1. The van der Waals surface area contributed by atoms with Gasteiger partial charge in [-0.25, -0.2) is 14.8 Å². The molecule has 9 nitrogen and oxygen atoms in total. The van der Waals surface area contributed by atoms with E-state index in [9.17, 15) is 9.90 Å². The van der Waals surface area contributed by atoms with Gasteiger partial charge in [-0.05, 0) is 65.1 Å². The van der Waals surface area contributed by atoms with Crippen molar-refractivity contribution in [3.05, 3.63) is 94.8 Å². The first-order valence-electron chi connectivity index (χ1n) is 13.7. The van der Waals surface area contributed by atoms with Crippen LogP contribution in [0, 0.1) is 0 Å². The number of aromatic nitrogens is 3. The Morgan fingerprint density at radius 3 is 2.67 bits per heavy atom. The first kappa shape index (κ1) is 29.1. The summed E-state index contributed by atoms with van der Waals surface area (Å²) in [6, 6.07) is 18.6. The van der Waals surface area contributed by atoms with Crippen molar-refractivity contribution in [3.63, 3.8) is 0 Å². The van der Waals surface area contributed by atoms with Crippen molar-refractivity contribution < 1.29 is 19.4 Å². The van der Waals surface area contributed by atoms with Crippen LogP contribution >= 0.6 is 11.3 Å². The van der Waals surface area contributed by atoms with Gasteiger partial charge >= 0.3 is 5.97 Å². The van der Waals surface area contributed by atoms with Crippen LogP contribution in [-0.2, 0) is 16.9 Å². The molecular formula is C32H33N5O4S. The lowest BCUT2D eigenvalue weighted by molar-refractivity contribution is 0.0501. The highest BCUT2D eigenvalue weighted by molar-refractivity contribution is 7.15. The summed E-state index contributed by atoms with van der Waals surface area (Å²) in [5.74, 6) is 0.476. The Balaban J connectivity index is 1.47. The number of carbonyl (C=O) groups is 1. The zero-order valence-corrected chi connectivity index (χ0v) is 24.6. The molecule has 0 spiro atoms. The zero-order chi connectivity index (χ0) is 29.7. The van der Waals surface area contributed by atoms with Crippen molar-refractivity contribution in [2.45, 2.75) is 38.8 Å². The smallest absolute Gasteiger partial charge is 0.338 e. The number of unbranched alkanes of at least 4 members (excludes halogenated alkanes) is 1. The molecule has 10 heteroatoms. The third-order valence-corrected chi connectivity index (χ3v) is 8.19. The quantitative estimate of drug-likeness (QED) is 0.123. The summed E-state index contributed by atoms with van der Waals surface area (Å²) in [6.45, 7) is 4.48. The van der Waals surface area contributed by atoms with Gasteiger partial charge in [0, 0.05) is 30.7 Å². The van der Waals surface area contributed by atoms with Crippen LogP contribution < -0.4 is 15.8 Å². The number of nitrogens with one attached hydrogen (secondary N) is 1. The first-order chi connectivity index (χ1) is 20.3. The van der Waals surface area contributed by atoms with Gasteiger partial charge in [-0.2, -0.15) is 4.98 Å². The molecule has 5 aromatic rings. The fourth-order valence-electron chi connectivity index (χ4n) is 4.71. The Kier molecular flexibility index (Phi) is 8.77. The average Bonchev–Trinajstić information content (AvgIpc) is 3.52. The topological polar surface area (TPSA) is 132 Å². The highest BCUT2D eigenvalue weighted by Crippen LogP contribution is 2.40. The fourth-order valence-corrected chi connectivity index (χ4v) is 5.67. The molecule has 0 saturated carbocycles. The Labute approximate surface area is 248 Å². The molecule has 2 heterocycles. The molecule has 0 fully saturated rings. The van der Waals surface area contributed by atoms with Gasteiger partial charge in [0.15, 0.2) is 0 Å². The molecule has 4 N–H and O–H groups in total. The monoisotopic (exact) mass is 583 g/mol. The minimum Gasteiger partial charge on any atom is -0.481 e. The summed E-state index contributed by atoms with van der Waals surface area (Å²) >= 11 is 1.39. The van der Waals surface area contributed by atoms with E-state index in [1.807, 2.05) is 49.4 Å². The van der Waals surface area contributed by atoms with E-state index in [0.29, 0.717) is 41.1 Å². The van der Waals surface area contributed by atoms with Crippen LogP contribution in [0.15, 0.2) is 73.1 Å². The number of nitrogens with zero attached hydrogens (tertiary/aromatic N) is 3. The normalized spacial score (nSPS) is 12.6. The lowest BCUT2D eigenvalue weighted by atomic mass is 9.89. The second-order valence-corrected chi connectivity index (χ2v) is 11.0. The van der Waals surface area contributed by atoms with Crippen LogP contribution in [0.5, 0.6) is 5.88 Å². The summed E-state index contributed by atoms with van der Waals surface area (Å²) in [7, 11) is 1.55. The number of hydrogen-bond acceptors (Lipinski definition) is 10. The number of benzene rings is 3. The second kappa shape index (κ2) is 12.6. The molecule has 0 bridgehead atoms. The first-order valence-corrected chi connectivity index (χ1v) is 14.5. The molecule has 0 saturated heterocycles. The fraction of sp³-hybridized carbons (Fsp3) is 0.250. The SMILES string of the molecule is CCCCOC(=O)c1ccc(C(C)(O)c2ncc(-c3cc(CN)cc(Nc4nccc(OC)n4)c3)s2)c2ccccc12. The lowest BCUT2D eigenvalue weighted by Crippen LogP contribution is -2.23. The van der Waals surface area contributed by atoms with Gasteiger partial charge in [0.1, 0.15) is 10.6 Å². The van der Waals surface area contributed by atoms with Crippen LogP contribution in [-0.4, -0.2) is 39.7 Å². The van der Waals surface area contributed by atoms with E-state index < -0.39 is 5.60 Å². The average molecular weight is 584 g/mol. The van der Waals surface area contributed by atoms with Gasteiger partial charge in [-0.3, -0.25) is 0 Å². The van der Waals surface area contributed by atoms with E-state index in [2.05, 4.69) is 20.3 Å². The minimum atomic E-state index is -1.42. The molecule has 42 heavy (non-hydrogen) atoms. The predicted octanol–water partition coefficient (Wildman–Crippen LogP) is 6.18. The number of hydrogen-bond donors (Lipinski definition) is 3. The van der Waals surface area contributed by atoms with E-state index in [1.54, 1.807) is 44.6 Å². The Morgan fingerprint density at radius 2 is 1.90 bits per heavy atom. The Bertz CT molecular complexity index is 1720. The van der Waals surface area contributed by atoms with Gasteiger partial charge < -0.3 is 25.6 Å². The van der Waals surface area contributed by atoms with E-state index in [-0.39, 0.29) is 5.97 Å². The molecule has 0 aliphatic rings. The van der Waals surface area contributed by atoms with Gasteiger partial charge in [0.25, 0.3) is 0 Å². The summed E-state index contributed by atoms with van der Waals surface area (Å²) in [4.78, 5) is 26.9. The maximum atomic E-state index is 12.8. The Morgan fingerprint density at radius 1 is 1.10 bits per heavy atom. The number of rotatable bonds is 11. The van der Waals surface area contributed by atoms with Crippen LogP contribution in [0.4, 0.5) is 11.6 Å². The number of esters is 1. The molecule has 3 aromatic carbocycles. The van der Waals surface area contributed by atoms with Crippen molar-refractivity contribution >= 4 is 39.7 Å². The van der Waals surface area contributed by atoms with Crippen molar-refractivity contribution in [3.8, 4) is 16.3 Å². The van der Waals surface area contributed by atoms with Gasteiger partial charge in [-0.15, -0.1) is 11.3 Å². The van der Waals surface area contributed by atoms with Crippen molar-refractivity contribution in [1.29, 1.82) is 0 Å². The zero-order valence-electron chi connectivity index (χ0n) is 23.8. The van der Waals surface area contributed by atoms with Crippen LogP contribution in [0.3, 0.4) is 0 Å². The molecule has 1 atom stereocenters. The van der Waals surface area contributed by atoms with E-state index in [1.165, 1.54) is 11.3 Å².